The van der Waals surface area contributed by atoms with E-state index < -0.39 is 17.0 Å². The summed E-state index contributed by atoms with van der Waals surface area (Å²) in [6.45, 7) is 8.84. The Hall–Kier alpha value is -1.69. The topological polar surface area (TPSA) is 89.9 Å². The maximum absolute atomic E-state index is 13.1. The van der Waals surface area contributed by atoms with Gasteiger partial charge in [0.2, 0.25) is 5.78 Å². The van der Waals surface area contributed by atoms with Crippen LogP contribution in [-0.4, -0.2) is 41.1 Å². The van der Waals surface area contributed by atoms with Crippen molar-refractivity contribution in [1.29, 1.82) is 0 Å². The smallest absolute Gasteiger partial charge is 0.303 e. The van der Waals surface area contributed by atoms with Gasteiger partial charge in [-0.2, -0.15) is 0 Å². The van der Waals surface area contributed by atoms with E-state index >= 15 is 0 Å². The van der Waals surface area contributed by atoms with Gasteiger partial charge >= 0.3 is 11.9 Å². The predicted octanol–water partition coefficient (Wildman–Crippen LogP) is 3.99. The van der Waals surface area contributed by atoms with Gasteiger partial charge in [-0.15, -0.1) is 0 Å². The van der Waals surface area contributed by atoms with E-state index in [1.54, 1.807) is 0 Å². The Morgan fingerprint density at radius 3 is 2.47 bits per heavy atom. The van der Waals surface area contributed by atoms with E-state index in [2.05, 4.69) is 19.9 Å². The molecule has 1 N–H and O–H groups in total. The Morgan fingerprint density at radius 1 is 1.09 bits per heavy atom. The molecule has 0 bridgehead atoms. The Labute approximate surface area is 191 Å². The quantitative estimate of drug-likeness (QED) is 0.519. The van der Waals surface area contributed by atoms with Crippen LogP contribution < -0.4 is 0 Å². The van der Waals surface area contributed by atoms with Crippen molar-refractivity contribution < 1.29 is 29.0 Å². The number of Topliss-reactive ketones (excluding diaryl/α,β-unsaturated/α-hetero) is 1. The van der Waals surface area contributed by atoms with Gasteiger partial charge in [0, 0.05) is 25.7 Å². The van der Waals surface area contributed by atoms with Crippen molar-refractivity contribution in [3.63, 3.8) is 0 Å². The molecule has 0 radical (unpaired) electrons. The van der Waals surface area contributed by atoms with Crippen molar-refractivity contribution in [2.45, 2.75) is 91.3 Å². The number of carbonyl (C=O) groups is 3. The highest BCUT2D eigenvalue weighted by Crippen LogP contribution is 2.68. The number of carbonyl (C=O) groups excluding carboxylic acids is 3. The van der Waals surface area contributed by atoms with Gasteiger partial charge in [0.25, 0.3) is 0 Å². The SMILES string of the molecule is CC(=O)OCC(=O)[C@@]1(O)C(C)C[C@H]2[C@@H]3CC=C4CC(OC(C)=O)CC[C@]4(C)[C@H]3CC[C@@]21C. The molecule has 8 atom stereocenters. The molecule has 2 unspecified atom stereocenters. The van der Waals surface area contributed by atoms with Crippen LogP contribution in [-0.2, 0) is 23.9 Å². The summed E-state index contributed by atoms with van der Waals surface area (Å²) in [6, 6.07) is 0. The zero-order valence-corrected chi connectivity index (χ0v) is 20.1. The van der Waals surface area contributed by atoms with Crippen LogP contribution >= 0.6 is 0 Å². The Balaban J connectivity index is 1.59. The lowest BCUT2D eigenvalue weighted by Crippen LogP contribution is -2.59. The molecule has 3 saturated carbocycles. The first kappa shape index (κ1) is 23.5. The third-order valence-electron chi connectivity index (χ3n) is 9.80. The number of aliphatic hydroxyl groups is 1. The normalized spacial score (nSPS) is 45.1. The van der Waals surface area contributed by atoms with Crippen molar-refractivity contribution in [2.75, 3.05) is 6.61 Å². The summed E-state index contributed by atoms with van der Waals surface area (Å²) in [5.41, 5.74) is -0.462. The molecular formula is C26H38O6. The van der Waals surface area contributed by atoms with E-state index in [4.69, 9.17) is 9.47 Å². The molecular weight excluding hydrogens is 408 g/mol. The van der Waals surface area contributed by atoms with Gasteiger partial charge in [-0.3, -0.25) is 14.4 Å². The van der Waals surface area contributed by atoms with E-state index in [0.29, 0.717) is 11.8 Å². The Kier molecular flexibility index (Phi) is 5.84. The number of ketones is 1. The number of fused-ring (bicyclic) bond motifs is 5. The second kappa shape index (κ2) is 7.96. The van der Waals surface area contributed by atoms with E-state index in [0.717, 1.165) is 44.9 Å². The summed E-state index contributed by atoms with van der Waals surface area (Å²) in [5, 5.41) is 11.8. The third kappa shape index (κ3) is 3.36. The Bertz CT molecular complexity index is 847. The molecule has 32 heavy (non-hydrogen) atoms. The minimum atomic E-state index is -1.46. The first-order valence-corrected chi connectivity index (χ1v) is 12.2. The summed E-state index contributed by atoms with van der Waals surface area (Å²) in [5.74, 6) is -0.0497. The van der Waals surface area contributed by atoms with Crippen molar-refractivity contribution in [3.05, 3.63) is 11.6 Å². The molecule has 4 rings (SSSR count). The van der Waals surface area contributed by atoms with Gasteiger partial charge in [0.1, 0.15) is 11.7 Å². The molecule has 4 aliphatic carbocycles. The zero-order valence-electron chi connectivity index (χ0n) is 20.1. The summed E-state index contributed by atoms with van der Waals surface area (Å²) < 4.78 is 10.5. The highest BCUT2D eigenvalue weighted by atomic mass is 16.5. The first-order valence-electron chi connectivity index (χ1n) is 12.2. The number of hydrogen-bond donors (Lipinski definition) is 1. The molecule has 6 heteroatoms. The van der Waals surface area contributed by atoms with E-state index in [9.17, 15) is 19.5 Å². The van der Waals surface area contributed by atoms with Gasteiger partial charge in [-0.1, -0.05) is 32.4 Å². The minimum Gasteiger partial charge on any atom is -0.462 e. The van der Waals surface area contributed by atoms with Gasteiger partial charge in [-0.05, 0) is 67.6 Å². The van der Waals surface area contributed by atoms with E-state index in [1.807, 2.05) is 6.92 Å². The summed E-state index contributed by atoms with van der Waals surface area (Å²) >= 11 is 0. The van der Waals surface area contributed by atoms with Crippen LogP contribution in [0, 0.1) is 34.5 Å². The fraction of sp³-hybridized carbons (Fsp3) is 0.808. The highest BCUT2D eigenvalue weighted by Gasteiger charge is 2.68. The average Bonchev–Trinajstić information content (AvgIpc) is 2.93. The van der Waals surface area contributed by atoms with Crippen molar-refractivity contribution >= 4 is 17.7 Å². The fourth-order valence-corrected chi connectivity index (χ4v) is 8.18. The molecule has 0 amide bonds. The second-order valence-corrected chi connectivity index (χ2v) is 11.3. The first-order chi connectivity index (χ1) is 14.9. The highest BCUT2D eigenvalue weighted by molar-refractivity contribution is 5.91. The summed E-state index contributed by atoms with van der Waals surface area (Å²) in [4.78, 5) is 35.8. The predicted molar refractivity (Wildman–Crippen MR) is 118 cm³/mol. The molecule has 0 aromatic heterocycles. The molecule has 178 valence electrons. The number of hydrogen-bond acceptors (Lipinski definition) is 6. The average molecular weight is 447 g/mol. The molecule has 0 heterocycles. The summed E-state index contributed by atoms with van der Waals surface area (Å²) in [6.07, 6.45) is 8.59. The molecule has 4 aliphatic rings. The summed E-state index contributed by atoms with van der Waals surface area (Å²) in [7, 11) is 0. The molecule has 0 aromatic rings. The maximum atomic E-state index is 13.1. The van der Waals surface area contributed by atoms with Gasteiger partial charge in [0.15, 0.2) is 6.61 Å². The number of allylic oxidation sites excluding steroid dienone is 1. The van der Waals surface area contributed by atoms with Crippen LogP contribution in [0.15, 0.2) is 11.6 Å². The van der Waals surface area contributed by atoms with Gasteiger partial charge in [0.05, 0.1) is 0 Å². The minimum absolute atomic E-state index is 0.0206. The van der Waals surface area contributed by atoms with Gasteiger partial charge < -0.3 is 14.6 Å². The van der Waals surface area contributed by atoms with E-state index in [1.165, 1.54) is 19.4 Å². The molecule has 0 spiro atoms. The van der Waals surface area contributed by atoms with Crippen molar-refractivity contribution in [1.82, 2.24) is 0 Å². The van der Waals surface area contributed by atoms with E-state index in [-0.39, 0.29) is 41.7 Å². The van der Waals surface area contributed by atoms with Crippen LogP contribution in [0.3, 0.4) is 0 Å². The number of rotatable bonds is 4. The van der Waals surface area contributed by atoms with Crippen LogP contribution in [0.5, 0.6) is 0 Å². The third-order valence-corrected chi connectivity index (χ3v) is 9.80. The molecule has 0 saturated heterocycles. The monoisotopic (exact) mass is 446 g/mol. The lowest BCUT2D eigenvalue weighted by atomic mass is 9.46. The van der Waals surface area contributed by atoms with Crippen LogP contribution in [0.4, 0.5) is 0 Å². The maximum Gasteiger partial charge on any atom is 0.303 e. The second-order valence-electron chi connectivity index (χ2n) is 11.3. The number of ether oxygens (including phenoxy) is 2. The molecule has 6 nitrogen and oxygen atoms in total. The van der Waals surface area contributed by atoms with Crippen LogP contribution in [0.2, 0.25) is 0 Å². The number of esters is 2. The molecule has 0 aliphatic heterocycles. The molecule has 0 aromatic carbocycles. The van der Waals surface area contributed by atoms with Crippen molar-refractivity contribution in [3.8, 4) is 0 Å². The Morgan fingerprint density at radius 2 is 1.81 bits per heavy atom. The van der Waals surface area contributed by atoms with Crippen LogP contribution in [0.1, 0.15) is 79.6 Å². The van der Waals surface area contributed by atoms with Crippen molar-refractivity contribution in [2.24, 2.45) is 34.5 Å². The fourth-order valence-electron chi connectivity index (χ4n) is 8.18. The van der Waals surface area contributed by atoms with Gasteiger partial charge in [-0.25, -0.2) is 0 Å². The molecule has 3 fully saturated rings. The largest absolute Gasteiger partial charge is 0.462 e. The standard InChI is InChI=1S/C26H38O6/c1-15-12-22-20-7-6-18-13-19(32-17(3)28)8-10-24(18,4)21(20)9-11-25(22,5)26(15,30)23(29)14-31-16(2)27/h6,15,19-22,30H,7-14H2,1-5H3/t15?,19?,20-,21+,22+,24+,25+,26+/m1/s1. The lowest BCUT2D eigenvalue weighted by Gasteiger charge is -2.58. The lowest BCUT2D eigenvalue weighted by molar-refractivity contribution is -0.174. The zero-order chi connectivity index (χ0) is 23.5. The van der Waals surface area contributed by atoms with Crippen LogP contribution in [0.25, 0.3) is 0 Å².